The molecule has 4 rings (SSSR count). The topological polar surface area (TPSA) is 23.6 Å². The van der Waals surface area contributed by atoms with E-state index in [1.165, 1.54) is 56.5 Å². The number of hydrogen-bond donors (Lipinski definition) is 0. The van der Waals surface area contributed by atoms with Crippen molar-refractivity contribution >= 4 is 17.7 Å². The Morgan fingerprint density at radius 3 is 2.37 bits per heavy atom. The van der Waals surface area contributed by atoms with Crippen molar-refractivity contribution in [2.24, 2.45) is 5.92 Å². The van der Waals surface area contributed by atoms with E-state index in [0.717, 1.165) is 42.7 Å². The van der Waals surface area contributed by atoms with E-state index in [9.17, 15) is 4.79 Å². The molecule has 0 spiro atoms. The van der Waals surface area contributed by atoms with Crippen molar-refractivity contribution in [2.75, 3.05) is 26.2 Å². The number of amides is 1. The molecule has 0 bridgehead atoms. The van der Waals surface area contributed by atoms with Crippen LogP contribution in [0.2, 0.25) is 0 Å². The molecular weight excluding hydrogens is 352 g/mol. The van der Waals surface area contributed by atoms with Gasteiger partial charge in [0.1, 0.15) is 0 Å². The van der Waals surface area contributed by atoms with Gasteiger partial charge >= 0.3 is 0 Å². The molecule has 1 saturated carbocycles. The molecule has 2 saturated heterocycles. The van der Waals surface area contributed by atoms with Gasteiger partial charge in [-0.2, -0.15) is 0 Å². The summed E-state index contributed by atoms with van der Waals surface area (Å²) in [5, 5.41) is 0.756. The van der Waals surface area contributed by atoms with Gasteiger partial charge in [-0.25, -0.2) is 0 Å². The summed E-state index contributed by atoms with van der Waals surface area (Å²) < 4.78 is 0. The Kier molecular flexibility index (Phi) is 6.44. The number of carbonyl (C=O) groups excluding carboxylic acids is 1. The second kappa shape index (κ2) is 9.00. The van der Waals surface area contributed by atoms with E-state index in [1.54, 1.807) is 0 Å². The van der Waals surface area contributed by atoms with Crippen molar-refractivity contribution in [3.05, 3.63) is 29.8 Å². The Labute approximate surface area is 168 Å². The van der Waals surface area contributed by atoms with Gasteiger partial charge in [-0.3, -0.25) is 4.79 Å². The van der Waals surface area contributed by atoms with Gasteiger partial charge < -0.3 is 9.80 Å². The monoisotopic (exact) mass is 386 g/mol. The fourth-order valence-electron chi connectivity index (χ4n) is 4.94. The molecular formula is C23H34N2OS. The van der Waals surface area contributed by atoms with Crippen LogP contribution in [0.5, 0.6) is 0 Å². The first-order chi connectivity index (χ1) is 13.2. The second-order valence-electron chi connectivity index (χ2n) is 8.83. The minimum absolute atomic E-state index is 0.236. The lowest BCUT2D eigenvalue weighted by Gasteiger charge is -2.28. The lowest BCUT2D eigenvalue weighted by atomic mass is 9.91. The van der Waals surface area contributed by atoms with E-state index in [1.807, 2.05) is 11.8 Å². The predicted molar refractivity (Wildman–Crippen MR) is 113 cm³/mol. The van der Waals surface area contributed by atoms with Crippen molar-refractivity contribution in [2.45, 2.75) is 74.5 Å². The summed E-state index contributed by atoms with van der Waals surface area (Å²) in [4.78, 5) is 19.1. The van der Waals surface area contributed by atoms with Gasteiger partial charge in [0.25, 0.3) is 5.91 Å². The highest BCUT2D eigenvalue weighted by molar-refractivity contribution is 8.00. The van der Waals surface area contributed by atoms with E-state index < -0.39 is 0 Å². The van der Waals surface area contributed by atoms with Gasteiger partial charge in [0, 0.05) is 34.8 Å². The molecule has 148 valence electrons. The largest absolute Gasteiger partial charge is 0.334 e. The van der Waals surface area contributed by atoms with Gasteiger partial charge in [-0.15, -0.1) is 11.8 Å². The lowest BCUT2D eigenvalue weighted by molar-refractivity contribution is 0.0708. The van der Waals surface area contributed by atoms with Gasteiger partial charge in [-0.1, -0.05) is 6.92 Å². The molecule has 27 heavy (non-hydrogen) atoms. The zero-order valence-electron chi connectivity index (χ0n) is 16.7. The van der Waals surface area contributed by atoms with Crippen molar-refractivity contribution in [1.82, 2.24) is 9.80 Å². The first-order valence-electron chi connectivity index (χ1n) is 11.0. The Bertz CT molecular complexity index is 618. The van der Waals surface area contributed by atoms with Crippen molar-refractivity contribution < 1.29 is 4.79 Å². The van der Waals surface area contributed by atoms with Crippen molar-refractivity contribution in [3.8, 4) is 0 Å². The highest BCUT2D eigenvalue weighted by Crippen LogP contribution is 2.36. The zero-order valence-corrected chi connectivity index (χ0v) is 17.6. The summed E-state index contributed by atoms with van der Waals surface area (Å²) in [6, 6.07) is 8.86. The Hall–Kier alpha value is -1.00. The van der Waals surface area contributed by atoms with Gasteiger partial charge in [0.2, 0.25) is 0 Å². The summed E-state index contributed by atoms with van der Waals surface area (Å²) in [6.45, 7) is 6.79. The number of likely N-dealkylation sites (tertiary alicyclic amines) is 2. The Morgan fingerprint density at radius 1 is 0.963 bits per heavy atom. The third-order valence-electron chi connectivity index (χ3n) is 6.67. The maximum absolute atomic E-state index is 13.1. The molecule has 3 aliphatic rings. The van der Waals surface area contributed by atoms with Crippen LogP contribution in [0.3, 0.4) is 0 Å². The predicted octanol–water partition coefficient (Wildman–Crippen LogP) is 5.06. The molecule has 1 aliphatic carbocycles. The molecule has 1 unspecified atom stereocenters. The fourth-order valence-corrected chi connectivity index (χ4v) is 6.12. The fraction of sp³-hybridized carbons (Fsp3) is 0.696. The first kappa shape index (κ1) is 19.3. The van der Waals surface area contributed by atoms with E-state index in [0.29, 0.717) is 6.04 Å². The Morgan fingerprint density at radius 2 is 1.67 bits per heavy atom. The molecule has 0 N–H and O–H groups in total. The summed E-state index contributed by atoms with van der Waals surface area (Å²) in [5.41, 5.74) is 0.866. The maximum Gasteiger partial charge on any atom is 0.254 e. The first-order valence-corrected chi connectivity index (χ1v) is 11.9. The average Bonchev–Trinajstić information content (AvgIpc) is 3.36. The lowest BCUT2D eigenvalue weighted by Crippen LogP contribution is -2.42. The van der Waals surface area contributed by atoms with Crippen LogP contribution in [0.25, 0.3) is 0 Å². The van der Waals surface area contributed by atoms with E-state index in [2.05, 4.69) is 41.0 Å². The summed E-state index contributed by atoms with van der Waals surface area (Å²) in [7, 11) is 0. The number of thioether (sulfide) groups is 1. The third kappa shape index (κ3) is 4.89. The molecule has 2 aliphatic heterocycles. The summed E-state index contributed by atoms with van der Waals surface area (Å²) >= 11 is 2.01. The molecule has 4 heteroatoms. The smallest absolute Gasteiger partial charge is 0.254 e. The van der Waals surface area contributed by atoms with Crippen LogP contribution < -0.4 is 0 Å². The summed E-state index contributed by atoms with van der Waals surface area (Å²) in [5.74, 6) is 1.13. The minimum Gasteiger partial charge on any atom is -0.334 e. The van der Waals surface area contributed by atoms with Gasteiger partial charge in [-0.05, 0) is 94.6 Å². The van der Waals surface area contributed by atoms with Crippen molar-refractivity contribution in [3.63, 3.8) is 0 Å². The van der Waals surface area contributed by atoms with E-state index in [-0.39, 0.29) is 5.91 Å². The standard InChI is InChI=1S/C23H34N2OS/c1-18-6-10-21(11-7-18)27-22-12-8-19(9-13-22)23(26)25-16-4-5-20(25)17-24-14-2-3-15-24/h8-9,12-13,18,20-21H,2-7,10-11,14-17H2,1H3. The molecule has 3 fully saturated rings. The van der Waals surface area contributed by atoms with Crippen LogP contribution in [0.1, 0.15) is 68.6 Å². The number of hydrogen-bond acceptors (Lipinski definition) is 3. The van der Waals surface area contributed by atoms with Crippen LogP contribution >= 0.6 is 11.8 Å². The number of nitrogens with zero attached hydrogens (tertiary/aromatic N) is 2. The molecule has 1 atom stereocenters. The zero-order chi connectivity index (χ0) is 18.6. The number of benzene rings is 1. The third-order valence-corrected chi connectivity index (χ3v) is 8.02. The van der Waals surface area contributed by atoms with E-state index >= 15 is 0 Å². The average molecular weight is 387 g/mol. The van der Waals surface area contributed by atoms with Crippen molar-refractivity contribution in [1.29, 1.82) is 0 Å². The molecule has 0 radical (unpaired) electrons. The summed E-state index contributed by atoms with van der Waals surface area (Å²) in [6.07, 6.45) is 10.3. The molecule has 1 aromatic rings. The Balaban J connectivity index is 1.34. The highest BCUT2D eigenvalue weighted by atomic mass is 32.2. The van der Waals surface area contributed by atoms with Crippen LogP contribution in [-0.2, 0) is 0 Å². The quantitative estimate of drug-likeness (QED) is 0.707. The van der Waals surface area contributed by atoms with Crippen LogP contribution in [0.4, 0.5) is 0 Å². The molecule has 1 aromatic carbocycles. The molecule has 0 aromatic heterocycles. The number of carbonyl (C=O) groups is 1. The normalized spacial score (nSPS) is 29.4. The highest BCUT2D eigenvalue weighted by Gasteiger charge is 2.31. The van der Waals surface area contributed by atoms with Crippen LogP contribution in [0.15, 0.2) is 29.2 Å². The van der Waals surface area contributed by atoms with Crippen LogP contribution in [-0.4, -0.2) is 53.2 Å². The SMILES string of the molecule is CC1CCC(Sc2ccc(C(=O)N3CCCC3CN3CCCC3)cc2)CC1. The van der Waals surface area contributed by atoms with Gasteiger partial charge in [0.15, 0.2) is 0 Å². The molecule has 2 heterocycles. The second-order valence-corrected chi connectivity index (χ2v) is 10.2. The number of rotatable bonds is 5. The minimum atomic E-state index is 0.236. The molecule has 3 nitrogen and oxygen atoms in total. The maximum atomic E-state index is 13.1. The van der Waals surface area contributed by atoms with Gasteiger partial charge in [0.05, 0.1) is 0 Å². The molecule has 1 amide bonds. The van der Waals surface area contributed by atoms with E-state index in [4.69, 9.17) is 0 Å². The van der Waals surface area contributed by atoms with Crippen LogP contribution in [0, 0.1) is 5.92 Å².